The maximum absolute atomic E-state index is 11.8. The van der Waals surface area contributed by atoms with E-state index in [1.165, 1.54) is 6.92 Å². The van der Waals surface area contributed by atoms with Crippen LogP contribution < -0.4 is 16.8 Å². The number of carbonyl (C=O) groups is 4. The van der Waals surface area contributed by atoms with E-state index in [9.17, 15) is 34.5 Å². The van der Waals surface area contributed by atoms with Gasteiger partial charge in [-0.05, 0) is 6.42 Å². The summed E-state index contributed by atoms with van der Waals surface area (Å²) >= 11 is 0. The van der Waals surface area contributed by atoms with Crippen molar-refractivity contribution in [3.8, 4) is 0 Å². The number of hydrogen-bond donors (Lipinski definition) is 7. The molecular weight excluding hydrogens is 406 g/mol. The number of carboxylic acid groups (broad SMARTS) is 1. The lowest BCUT2D eigenvalue weighted by atomic mass is 9.84. The van der Waals surface area contributed by atoms with E-state index in [0.29, 0.717) is 0 Å². The Labute approximate surface area is 172 Å². The van der Waals surface area contributed by atoms with E-state index in [1.807, 2.05) is 0 Å². The number of hydrogen-bond acceptors (Lipinski definition) is 10. The predicted octanol–water partition coefficient (Wildman–Crippen LogP) is -3.45. The molecule has 0 aliphatic carbocycles. The number of ether oxygens (including phenoxy) is 2. The second kappa shape index (κ2) is 11.2. The highest BCUT2D eigenvalue weighted by atomic mass is 16.7. The molecule has 1 aliphatic rings. The summed E-state index contributed by atoms with van der Waals surface area (Å²) < 4.78 is 10.1. The van der Waals surface area contributed by atoms with Crippen LogP contribution in [0.15, 0.2) is 0 Å². The van der Waals surface area contributed by atoms with Crippen molar-refractivity contribution in [2.45, 2.75) is 62.7 Å². The first kappa shape index (κ1) is 25.7. The smallest absolute Gasteiger partial charge is 0.364 e. The van der Waals surface area contributed by atoms with Gasteiger partial charge >= 0.3 is 11.9 Å². The number of aliphatic hydroxyl groups is 3. The van der Waals surface area contributed by atoms with Gasteiger partial charge in [-0.15, -0.1) is 0 Å². The minimum atomic E-state index is -2.68. The number of esters is 1. The molecule has 1 fully saturated rings. The quantitative estimate of drug-likeness (QED) is 0.158. The number of nitrogens with two attached hydrogens (primary N) is 2. The van der Waals surface area contributed by atoms with Crippen LogP contribution in [0, 0.1) is 5.92 Å². The van der Waals surface area contributed by atoms with Gasteiger partial charge in [0.1, 0.15) is 12.6 Å². The topological polar surface area (TPSA) is 232 Å². The van der Waals surface area contributed by atoms with Gasteiger partial charge in [-0.25, -0.2) is 4.79 Å². The van der Waals surface area contributed by atoms with Crippen LogP contribution in [-0.4, -0.2) is 87.5 Å². The Morgan fingerprint density at radius 2 is 1.97 bits per heavy atom. The van der Waals surface area contributed by atoms with E-state index in [1.54, 1.807) is 0 Å². The minimum Gasteiger partial charge on any atom is -0.477 e. The maximum Gasteiger partial charge on any atom is 0.364 e. The van der Waals surface area contributed by atoms with Crippen LogP contribution in [0.25, 0.3) is 0 Å². The molecule has 6 atom stereocenters. The molecule has 1 aliphatic heterocycles. The van der Waals surface area contributed by atoms with E-state index in [4.69, 9.17) is 26.0 Å². The fraction of sp³-hybridized carbons (Fsp3) is 0.765. The van der Waals surface area contributed by atoms with Gasteiger partial charge in [0, 0.05) is 38.6 Å². The molecule has 172 valence electrons. The Morgan fingerprint density at radius 1 is 1.33 bits per heavy atom. The Balaban J connectivity index is 2.72. The number of carbonyl (C=O) groups excluding carboxylic acids is 3. The Kier molecular flexibility index (Phi) is 9.58. The molecule has 1 saturated heterocycles. The first-order chi connectivity index (χ1) is 13.9. The average Bonchev–Trinajstić information content (AvgIpc) is 2.62. The Bertz CT molecular complexity index is 645. The van der Waals surface area contributed by atoms with E-state index < -0.39 is 72.8 Å². The van der Waals surface area contributed by atoms with Gasteiger partial charge in [-0.2, -0.15) is 0 Å². The maximum atomic E-state index is 11.8. The molecule has 0 spiro atoms. The largest absolute Gasteiger partial charge is 0.477 e. The molecule has 2 amide bonds. The molecule has 0 aromatic heterocycles. The third-order valence-electron chi connectivity index (χ3n) is 4.65. The van der Waals surface area contributed by atoms with Gasteiger partial charge in [0.25, 0.3) is 5.79 Å². The zero-order valence-electron chi connectivity index (χ0n) is 16.5. The van der Waals surface area contributed by atoms with Gasteiger partial charge in [0.15, 0.2) is 0 Å². The summed E-state index contributed by atoms with van der Waals surface area (Å²) in [6, 6.07) is -1.12. The summed E-state index contributed by atoms with van der Waals surface area (Å²) in [5, 5.41) is 42.2. The molecule has 13 nitrogen and oxygen atoms in total. The Hall–Kier alpha value is -2.32. The summed E-state index contributed by atoms with van der Waals surface area (Å²) in [5.74, 6) is -7.15. The SMILES string of the molecule is CC(=O)NCC1C(O)CC(O)(C(=O)O)OC1C[C@H](O)COC(=O)[C@H](N)CCC(N)=O. The summed E-state index contributed by atoms with van der Waals surface area (Å²) in [6.45, 7) is 0.618. The predicted molar refractivity (Wildman–Crippen MR) is 98.2 cm³/mol. The van der Waals surface area contributed by atoms with Gasteiger partial charge in [0.05, 0.1) is 18.3 Å². The molecule has 4 unspecified atom stereocenters. The number of amides is 2. The van der Waals surface area contributed by atoms with Crippen LogP contribution in [0.5, 0.6) is 0 Å². The lowest BCUT2D eigenvalue weighted by molar-refractivity contribution is -0.287. The van der Waals surface area contributed by atoms with Crippen LogP contribution in [0.2, 0.25) is 0 Å². The summed E-state index contributed by atoms with van der Waals surface area (Å²) in [6.07, 6.45) is -5.00. The van der Waals surface area contributed by atoms with Crippen molar-refractivity contribution in [1.82, 2.24) is 5.32 Å². The van der Waals surface area contributed by atoms with Crippen molar-refractivity contribution in [2.75, 3.05) is 13.2 Å². The van der Waals surface area contributed by atoms with E-state index >= 15 is 0 Å². The molecule has 0 bridgehead atoms. The van der Waals surface area contributed by atoms with E-state index in [-0.39, 0.29) is 25.8 Å². The van der Waals surface area contributed by atoms with Gasteiger partial charge in [-0.1, -0.05) is 0 Å². The van der Waals surface area contributed by atoms with Crippen LogP contribution in [0.3, 0.4) is 0 Å². The zero-order valence-corrected chi connectivity index (χ0v) is 16.5. The van der Waals surface area contributed by atoms with Gasteiger partial charge in [0.2, 0.25) is 11.8 Å². The zero-order chi connectivity index (χ0) is 23.1. The third kappa shape index (κ3) is 7.84. The van der Waals surface area contributed by atoms with Gasteiger partial charge in [-0.3, -0.25) is 14.4 Å². The van der Waals surface area contributed by atoms with E-state index in [0.717, 1.165) is 0 Å². The second-order valence-corrected chi connectivity index (χ2v) is 7.25. The second-order valence-electron chi connectivity index (χ2n) is 7.25. The highest BCUT2D eigenvalue weighted by Gasteiger charge is 2.50. The molecule has 0 saturated carbocycles. The first-order valence-corrected chi connectivity index (χ1v) is 9.30. The molecule has 30 heavy (non-hydrogen) atoms. The number of carboxylic acids is 1. The number of rotatable bonds is 11. The third-order valence-corrected chi connectivity index (χ3v) is 4.65. The van der Waals surface area contributed by atoms with Crippen molar-refractivity contribution in [2.24, 2.45) is 17.4 Å². The van der Waals surface area contributed by atoms with Crippen LogP contribution in [0.1, 0.15) is 32.6 Å². The van der Waals surface area contributed by atoms with Crippen molar-refractivity contribution < 1.29 is 49.1 Å². The summed E-state index contributed by atoms with van der Waals surface area (Å²) in [4.78, 5) is 45.0. The molecule has 1 rings (SSSR count). The fourth-order valence-electron chi connectivity index (χ4n) is 3.00. The standard InChI is InChI=1S/C17H29N3O10/c1-8(21)20-6-10-12(23)5-17(28,16(26)27)30-13(10)4-9(22)7-29-15(25)11(18)2-3-14(19)24/h9-13,22-23,28H,2-7,18H2,1H3,(H2,19,24)(H,20,21)(H,26,27)/t9-,10?,11+,12?,13?,17?/m0/s1. The van der Waals surface area contributed by atoms with Crippen LogP contribution >= 0.6 is 0 Å². The summed E-state index contributed by atoms with van der Waals surface area (Å²) in [5.41, 5.74) is 10.5. The molecular formula is C17H29N3O10. The van der Waals surface area contributed by atoms with Crippen molar-refractivity contribution in [3.05, 3.63) is 0 Å². The van der Waals surface area contributed by atoms with Crippen molar-refractivity contribution in [1.29, 1.82) is 0 Å². The highest BCUT2D eigenvalue weighted by Crippen LogP contribution is 2.33. The minimum absolute atomic E-state index is 0.0351. The van der Waals surface area contributed by atoms with Crippen molar-refractivity contribution >= 4 is 23.8 Å². The molecule has 9 N–H and O–H groups in total. The molecule has 13 heteroatoms. The van der Waals surface area contributed by atoms with Crippen molar-refractivity contribution in [3.63, 3.8) is 0 Å². The number of aliphatic carboxylic acids is 1. The lowest BCUT2D eigenvalue weighted by Crippen LogP contribution is -2.58. The number of nitrogens with one attached hydrogen (secondary N) is 1. The monoisotopic (exact) mass is 435 g/mol. The fourth-order valence-corrected chi connectivity index (χ4v) is 3.00. The van der Waals surface area contributed by atoms with Crippen LogP contribution in [-0.2, 0) is 28.7 Å². The average molecular weight is 435 g/mol. The normalized spacial score (nSPS) is 28.2. The highest BCUT2D eigenvalue weighted by molar-refractivity contribution is 5.78. The molecule has 0 radical (unpaired) electrons. The number of primary amides is 1. The van der Waals surface area contributed by atoms with Crippen LogP contribution in [0.4, 0.5) is 0 Å². The Morgan fingerprint density at radius 3 is 2.50 bits per heavy atom. The number of aliphatic hydroxyl groups excluding tert-OH is 2. The van der Waals surface area contributed by atoms with Gasteiger partial charge < -0.3 is 46.7 Å². The molecule has 1 heterocycles. The first-order valence-electron chi connectivity index (χ1n) is 9.30. The lowest BCUT2D eigenvalue weighted by Gasteiger charge is -2.43. The molecule has 0 aromatic rings. The summed E-state index contributed by atoms with van der Waals surface area (Å²) in [7, 11) is 0. The van der Waals surface area contributed by atoms with E-state index in [2.05, 4.69) is 5.32 Å². The molecule has 0 aromatic carbocycles.